The van der Waals surface area contributed by atoms with Gasteiger partial charge >= 0.3 is 0 Å². The Morgan fingerprint density at radius 2 is 1.58 bits per heavy atom. The highest BCUT2D eigenvalue weighted by atomic mass is 32.2. The zero-order chi connectivity index (χ0) is 18.2. The molecule has 1 rings (SSSR count). The minimum atomic E-state index is -3.87. The van der Waals surface area contributed by atoms with Crippen LogP contribution in [0.2, 0.25) is 0 Å². The van der Waals surface area contributed by atoms with Gasteiger partial charge in [0.05, 0.1) is 24.7 Å². The zero-order valence-corrected chi connectivity index (χ0v) is 14.9. The number of hydrogen-bond donors (Lipinski definition) is 0. The summed E-state index contributed by atoms with van der Waals surface area (Å²) in [6, 6.07) is 4.45. The first-order valence-corrected chi connectivity index (χ1v) is 8.74. The van der Waals surface area contributed by atoms with Crippen molar-refractivity contribution in [3.05, 3.63) is 30.1 Å². The van der Waals surface area contributed by atoms with Gasteiger partial charge in [-0.1, -0.05) is 0 Å². The van der Waals surface area contributed by atoms with E-state index >= 15 is 0 Å². The smallest absolute Gasteiger partial charge is 0.243 e. The lowest BCUT2D eigenvalue weighted by Gasteiger charge is -2.25. The predicted octanol–water partition coefficient (Wildman–Crippen LogP) is 0.568. The number of hydrogen-bond acceptors (Lipinski definition) is 5. The van der Waals surface area contributed by atoms with Crippen LogP contribution in [0.5, 0.6) is 0 Å². The summed E-state index contributed by atoms with van der Waals surface area (Å²) in [5.41, 5.74) is 0. The number of rotatable bonds is 10. The van der Waals surface area contributed by atoms with Crippen molar-refractivity contribution < 1.29 is 27.1 Å². The Kier molecular flexibility index (Phi) is 8.26. The van der Waals surface area contributed by atoms with Crippen molar-refractivity contribution in [1.82, 2.24) is 9.21 Å². The summed E-state index contributed by atoms with van der Waals surface area (Å²) >= 11 is 0. The minimum absolute atomic E-state index is 0.0699. The van der Waals surface area contributed by atoms with Crippen LogP contribution in [0.1, 0.15) is 0 Å². The van der Waals surface area contributed by atoms with Gasteiger partial charge in [-0.05, 0) is 24.3 Å². The summed E-state index contributed by atoms with van der Waals surface area (Å²) in [6.07, 6.45) is 0. The summed E-state index contributed by atoms with van der Waals surface area (Å²) in [4.78, 5) is 13.8. The average Bonchev–Trinajstić information content (AvgIpc) is 2.55. The summed E-state index contributed by atoms with van der Waals surface area (Å²) in [5, 5.41) is 0. The summed E-state index contributed by atoms with van der Waals surface area (Å²) in [6.45, 7) is 1.02. The van der Waals surface area contributed by atoms with Crippen molar-refractivity contribution >= 4 is 15.9 Å². The lowest BCUT2D eigenvalue weighted by Crippen LogP contribution is -2.43. The molecule has 0 aliphatic heterocycles. The molecular weight excluding hydrogens is 339 g/mol. The molecule has 0 saturated carbocycles. The molecule has 0 radical (unpaired) electrons. The number of sulfonamides is 1. The summed E-state index contributed by atoms with van der Waals surface area (Å²) < 4.78 is 48.6. The lowest BCUT2D eigenvalue weighted by molar-refractivity contribution is -0.132. The second kappa shape index (κ2) is 9.67. The minimum Gasteiger partial charge on any atom is -0.383 e. The van der Waals surface area contributed by atoms with Crippen LogP contribution in [-0.4, -0.2) is 77.6 Å². The number of ether oxygens (including phenoxy) is 2. The van der Waals surface area contributed by atoms with Gasteiger partial charge in [-0.2, -0.15) is 4.31 Å². The van der Waals surface area contributed by atoms with Crippen molar-refractivity contribution in [2.24, 2.45) is 0 Å². The molecule has 0 fully saturated rings. The molecule has 0 N–H and O–H groups in total. The largest absolute Gasteiger partial charge is 0.383 e. The van der Waals surface area contributed by atoms with Gasteiger partial charge in [-0.3, -0.25) is 4.79 Å². The number of amides is 1. The van der Waals surface area contributed by atoms with Crippen molar-refractivity contribution in [1.29, 1.82) is 0 Å². The number of nitrogens with zero attached hydrogens (tertiary/aromatic N) is 2. The number of carbonyl (C=O) groups excluding carboxylic acids is 1. The standard InChI is InChI=1S/C15H23FN2O5S/c1-17(24(20,21)14-6-4-13(16)5-7-14)12-15(19)18(8-10-22-2)9-11-23-3/h4-7H,8-12H2,1-3H3. The van der Waals surface area contributed by atoms with Crippen LogP contribution in [0.4, 0.5) is 4.39 Å². The Morgan fingerprint density at radius 3 is 2.04 bits per heavy atom. The normalized spacial score (nSPS) is 11.7. The van der Waals surface area contributed by atoms with Crippen molar-refractivity contribution in [3.63, 3.8) is 0 Å². The van der Waals surface area contributed by atoms with E-state index in [0.717, 1.165) is 16.4 Å². The second-order valence-electron chi connectivity index (χ2n) is 5.08. The molecule has 0 aliphatic rings. The van der Waals surface area contributed by atoms with E-state index in [-0.39, 0.29) is 17.3 Å². The number of methoxy groups -OCH3 is 2. The van der Waals surface area contributed by atoms with E-state index in [9.17, 15) is 17.6 Å². The fourth-order valence-corrected chi connectivity index (χ4v) is 3.05. The molecule has 0 atom stereocenters. The Labute approximate surface area is 142 Å². The number of likely N-dealkylation sites (N-methyl/N-ethyl adjacent to an activating group) is 1. The lowest BCUT2D eigenvalue weighted by atomic mass is 10.4. The first kappa shape index (κ1) is 20.5. The van der Waals surface area contributed by atoms with Crippen LogP contribution in [0.25, 0.3) is 0 Å². The maximum Gasteiger partial charge on any atom is 0.243 e. The highest BCUT2D eigenvalue weighted by Crippen LogP contribution is 2.14. The molecule has 7 nitrogen and oxygen atoms in total. The van der Waals surface area contributed by atoms with Gasteiger partial charge in [-0.25, -0.2) is 12.8 Å². The van der Waals surface area contributed by atoms with E-state index in [1.165, 1.54) is 38.3 Å². The molecule has 0 spiro atoms. The van der Waals surface area contributed by atoms with Gasteiger partial charge in [0.25, 0.3) is 0 Å². The summed E-state index contributed by atoms with van der Waals surface area (Å²) in [7, 11) is 0.474. The van der Waals surface area contributed by atoms with E-state index in [2.05, 4.69) is 0 Å². The van der Waals surface area contributed by atoms with Gasteiger partial charge in [-0.15, -0.1) is 0 Å². The predicted molar refractivity (Wildman–Crippen MR) is 86.5 cm³/mol. The maximum atomic E-state index is 12.9. The molecule has 1 amide bonds. The Bertz CT molecular complexity index is 613. The van der Waals surface area contributed by atoms with Crippen LogP contribution < -0.4 is 0 Å². The highest BCUT2D eigenvalue weighted by molar-refractivity contribution is 7.89. The molecular formula is C15H23FN2O5S. The first-order chi connectivity index (χ1) is 11.3. The van der Waals surface area contributed by atoms with E-state index < -0.39 is 15.8 Å². The van der Waals surface area contributed by atoms with Crippen molar-refractivity contribution in [2.45, 2.75) is 4.90 Å². The van der Waals surface area contributed by atoms with Crippen LogP contribution in [0.3, 0.4) is 0 Å². The van der Waals surface area contributed by atoms with Crippen LogP contribution in [-0.2, 0) is 24.3 Å². The van der Waals surface area contributed by atoms with Gasteiger partial charge in [0, 0.05) is 34.4 Å². The topological polar surface area (TPSA) is 76.2 Å². The Balaban J connectivity index is 2.80. The molecule has 0 aromatic heterocycles. The molecule has 0 heterocycles. The highest BCUT2D eigenvalue weighted by Gasteiger charge is 2.25. The van der Waals surface area contributed by atoms with Gasteiger partial charge in [0.1, 0.15) is 5.82 Å². The molecule has 24 heavy (non-hydrogen) atoms. The second-order valence-corrected chi connectivity index (χ2v) is 7.13. The zero-order valence-electron chi connectivity index (χ0n) is 14.1. The molecule has 0 aliphatic carbocycles. The monoisotopic (exact) mass is 362 g/mol. The number of carbonyl (C=O) groups is 1. The number of benzene rings is 1. The van der Waals surface area contributed by atoms with Crippen LogP contribution >= 0.6 is 0 Å². The molecule has 136 valence electrons. The molecule has 0 unspecified atom stereocenters. The van der Waals surface area contributed by atoms with Crippen LogP contribution in [0.15, 0.2) is 29.2 Å². The third kappa shape index (κ3) is 5.82. The van der Waals surface area contributed by atoms with E-state index in [4.69, 9.17) is 9.47 Å². The van der Waals surface area contributed by atoms with Crippen molar-refractivity contribution in [3.8, 4) is 0 Å². The maximum absolute atomic E-state index is 12.9. The van der Waals surface area contributed by atoms with Crippen LogP contribution in [0, 0.1) is 5.82 Å². The fraction of sp³-hybridized carbons (Fsp3) is 0.533. The molecule has 0 bridgehead atoms. The average molecular weight is 362 g/mol. The third-order valence-corrected chi connectivity index (χ3v) is 5.18. The fourth-order valence-electron chi connectivity index (χ4n) is 1.93. The SMILES string of the molecule is COCCN(CCOC)C(=O)CN(C)S(=O)(=O)c1ccc(F)cc1. The molecule has 9 heteroatoms. The number of halogens is 1. The Morgan fingerprint density at radius 1 is 1.08 bits per heavy atom. The van der Waals surface area contributed by atoms with E-state index in [1.807, 2.05) is 0 Å². The molecule has 1 aromatic rings. The first-order valence-electron chi connectivity index (χ1n) is 7.30. The van der Waals surface area contributed by atoms with Gasteiger partial charge in [0.2, 0.25) is 15.9 Å². The third-order valence-electron chi connectivity index (χ3n) is 3.36. The van der Waals surface area contributed by atoms with Gasteiger partial charge < -0.3 is 14.4 Å². The Hall–Kier alpha value is -1.55. The summed E-state index contributed by atoms with van der Waals surface area (Å²) in [5.74, 6) is -0.893. The van der Waals surface area contributed by atoms with Crippen molar-refractivity contribution in [2.75, 3.05) is 54.1 Å². The van der Waals surface area contributed by atoms with Gasteiger partial charge in [0.15, 0.2) is 0 Å². The van der Waals surface area contributed by atoms with E-state index in [1.54, 1.807) is 0 Å². The quantitative estimate of drug-likeness (QED) is 0.608. The molecule has 0 saturated heterocycles. The van der Waals surface area contributed by atoms with E-state index in [0.29, 0.717) is 26.3 Å². The molecule has 1 aromatic carbocycles.